The van der Waals surface area contributed by atoms with Crippen LogP contribution in [0.3, 0.4) is 0 Å². The van der Waals surface area contributed by atoms with E-state index in [2.05, 4.69) is 47.7 Å². The Balaban J connectivity index is 0.956. The fourth-order valence-electron chi connectivity index (χ4n) is 6.61. The number of hydrazine groups is 1. The van der Waals surface area contributed by atoms with Crippen LogP contribution in [-0.2, 0) is 46.8 Å². The quantitative estimate of drug-likeness (QED) is 0.0499. The molecule has 1 aromatic carbocycles. The van der Waals surface area contributed by atoms with E-state index < -0.39 is 15.6 Å². The van der Waals surface area contributed by atoms with Gasteiger partial charge < -0.3 is 36.1 Å². The predicted molar refractivity (Wildman–Crippen MR) is 211 cm³/mol. The smallest absolute Gasteiger partial charge is 0.315 e. The molecule has 1 aromatic heterocycles. The third kappa shape index (κ3) is 15.9. The number of amides is 6. The second-order valence-electron chi connectivity index (χ2n) is 14.6. The van der Waals surface area contributed by atoms with Crippen molar-refractivity contribution < 1.29 is 41.9 Å². The minimum absolute atomic E-state index is 0.0359. The topological polar surface area (TPSA) is 279 Å². The van der Waals surface area contributed by atoms with Crippen molar-refractivity contribution in [2.45, 2.75) is 113 Å². The second-order valence-corrected chi connectivity index (χ2v) is 16.1. The molecule has 2 aromatic rings. The van der Waals surface area contributed by atoms with Crippen LogP contribution in [0.25, 0.3) is 0 Å². The molecule has 9 N–H and O–H groups in total. The van der Waals surface area contributed by atoms with Gasteiger partial charge in [-0.15, -0.1) is 5.10 Å². The highest BCUT2D eigenvalue weighted by Crippen LogP contribution is 2.26. The number of rotatable bonds is 29. The summed E-state index contributed by atoms with van der Waals surface area (Å²) >= 11 is 0. The highest BCUT2D eigenvalue weighted by molar-refractivity contribution is 7.89. The number of primary sulfonamides is 1. The molecule has 0 bridgehead atoms. The summed E-state index contributed by atoms with van der Waals surface area (Å²) in [7, 11) is -3.82. The molecule has 3 atom stereocenters. The number of nitrogens with one attached hydrogen (secondary N) is 7. The van der Waals surface area contributed by atoms with Crippen molar-refractivity contribution in [3.8, 4) is 0 Å². The average Bonchev–Trinajstić information content (AvgIpc) is 3.79. The first-order valence-corrected chi connectivity index (χ1v) is 21.5. The number of aryl methyl sites for hydroxylation is 2. The minimum atomic E-state index is -3.82. The largest absolute Gasteiger partial charge is 0.377 e. The Morgan fingerprint density at radius 2 is 1.52 bits per heavy atom. The van der Waals surface area contributed by atoms with Gasteiger partial charge in [0.05, 0.1) is 43.1 Å². The standard InChI is InChI=1S/C37H59N11O9S/c1-27-31(43-36(53)42-27)9-3-2-4-10-32(49)39-18-7-21-48-26-29(44-47-48)8-5-16-37(35(52)45-46-37)17-6-11-33(50)40-19-22-56-24-25-57-23-20-41-34(51)28-12-14-30(15-13-28)58(38,54)55/h12-15,26-27,31,46H,2-11,16-25H2,1H3,(H,39,49)(H,40,50)(H,41,51)(H,45,52)(H2,38,54,55)(H2,42,43,53)/t27-,31+,37?/m1/s1. The highest BCUT2D eigenvalue weighted by Gasteiger charge is 2.45. The lowest BCUT2D eigenvalue weighted by atomic mass is 9.84. The molecule has 2 aliphatic heterocycles. The van der Waals surface area contributed by atoms with E-state index in [-0.39, 0.29) is 66.2 Å². The molecule has 322 valence electrons. The number of carbonyl (C=O) groups is 5. The van der Waals surface area contributed by atoms with Crippen molar-refractivity contribution in [3.63, 3.8) is 0 Å². The molecule has 21 heteroatoms. The van der Waals surface area contributed by atoms with Gasteiger partial charge in [0, 0.05) is 56.8 Å². The molecule has 0 saturated carbocycles. The van der Waals surface area contributed by atoms with E-state index in [1.54, 1.807) is 4.68 Å². The van der Waals surface area contributed by atoms with Gasteiger partial charge >= 0.3 is 6.03 Å². The maximum Gasteiger partial charge on any atom is 0.315 e. The van der Waals surface area contributed by atoms with Crippen LogP contribution in [0.1, 0.15) is 93.6 Å². The third-order valence-electron chi connectivity index (χ3n) is 9.98. The summed E-state index contributed by atoms with van der Waals surface area (Å²) in [4.78, 5) is 60.5. The van der Waals surface area contributed by atoms with Crippen LogP contribution >= 0.6 is 0 Å². The van der Waals surface area contributed by atoms with Crippen LogP contribution in [0, 0.1) is 0 Å². The third-order valence-corrected chi connectivity index (χ3v) is 10.9. The van der Waals surface area contributed by atoms with E-state index in [4.69, 9.17) is 14.6 Å². The van der Waals surface area contributed by atoms with Crippen LogP contribution in [0.15, 0.2) is 35.4 Å². The Bertz CT molecular complexity index is 1760. The molecule has 2 aliphatic rings. The number of nitrogens with zero attached hydrogens (tertiary/aromatic N) is 3. The maximum atomic E-state index is 12.5. The monoisotopic (exact) mass is 833 g/mol. The molecule has 0 radical (unpaired) electrons. The summed E-state index contributed by atoms with van der Waals surface area (Å²) in [5.41, 5.74) is 6.08. The van der Waals surface area contributed by atoms with Gasteiger partial charge in [0.25, 0.3) is 11.8 Å². The molecule has 4 rings (SSSR count). The van der Waals surface area contributed by atoms with Crippen LogP contribution in [-0.4, -0.2) is 117 Å². The van der Waals surface area contributed by atoms with Gasteiger partial charge in [0.2, 0.25) is 21.8 Å². The van der Waals surface area contributed by atoms with Gasteiger partial charge in [0.15, 0.2) is 0 Å². The van der Waals surface area contributed by atoms with Crippen molar-refractivity contribution in [1.82, 2.24) is 52.4 Å². The number of nitrogens with two attached hydrogens (primary N) is 1. The summed E-state index contributed by atoms with van der Waals surface area (Å²) < 4.78 is 35.3. The van der Waals surface area contributed by atoms with E-state index in [0.717, 1.165) is 37.8 Å². The van der Waals surface area contributed by atoms with E-state index in [0.29, 0.717) is 83.5 Å². The SMILES string of the molecule is C[C@H]1NC(=O)N[C@H]1CCCCCC(=O)NCCCn1cc(CCCC2(CCCC(=O)NCCOCCOCCNC(=O)c3ccc(S(N)(=O)=O)cc3)NNC2=O)nn1. The molecule has 58 heavy (non-hydrogen) atoms. The summed E-state index contributed by atoms with van der Waals surface area (Å²) in [5, 5.41) is 27.7. The second kappa shape index (κ2) is 23.6. The predicted octanol–water partition coefficient (Wildman–Crippen LogP) is -0.102. The summed E-state index contributed by atoms with van der Waals surface area (Å²) in [6, 6.07) is 5.47. The highest BCUT2D eigenvalue weighted by atomic mass is 32.2. The Kier molecular flexibility index (Phi) is 18.7. The number of sulfonamides is 1. The average molecular weight is 834 g/mol. The molecule has 0 aliphatic carbocycles. The zero-order valence-corrected chi connectivity index (χ0v) is 34.0. The lowest BCUT2D eigenvalue weighted by Crippen LogP contribution is -2.74. The van der Waals surface area contributed by atoms with Gasteiger partial charge in [-0.2, -0.15) is 0 Å². The molecule has 1 unspecified atom stereocenters. The normalized spacial score (nSPS) is 18.8. The van der Waals surface area contributed by atoms with Crippen molar-refractivity contribution in [2.75, 3.05) is 46.1 Å². The molecule has 6 amide bonds. The van der Waals surface area contributed by atoms with Crippen LogP contribution in [0.4, 0.5) is 4.79 Å². The Morgan fingerprint density at radius 3 is 2.16 bits per heavy atom. The summed E-state index contributed by atoms with van der Waals surface area (Å²) in [5.74, 6) is -0.545. The minimum Gasteiger partial charge on any atom is -0.377 e. The Labute approximate surface area is 339 Å². The zero-order chi connectivity index (χ0) is 41.8. The van der Waals surface area contributed by atoms with Crippen molar-refractivity contribution >= 4 is 39.7 Å². The van der Waals surface area contributed by atoms with E-state index >= 15 is 0 Å². The maximum absolute atomic E-state index is 12.5. The molecule has 2 fully saturated rings. The number of benzene rings is 1. The molecule has 3 heterocycles. The number of urea groups is 1. The van der Waals surface area contributed by atoms with Gasteiger partial charge in [0.1, 0.15) is 5.54 Å². The first-order valence-electron chi connectivity index (χ1n) is 20.0. The number of carbonyl (C=O) groups excluding carboxylic acids is 5. The molecular weight excluding hydrogens is 775 g/mol. The van der Waals surface area contributed by atoms with Crippen LogP contribution in [0.2, 0.25) is 0 Å². The molecular formula is C37H59N11O9S. The number of hydrogen-bond acceptors (Lipinski definition) is 12. The summed E-state index contributed by atoms with van der Waals surface area (Å²) in [6.07, 6.45) is 9.99. The lowest BCUT2D eigenvalue weighted by Gasteiger charge is -2.42. The zero-order valence-electron chi connectivity index (χ0n) is 33.2. The number of unbranched alkanes of at least 4 members (excludes halogenated alkanes) is 2. The van der Waals surface area contributed by atoms with Gasteiger partial charge in [-0.1, -0.05) is 18.1 Å². The van der Waals surface area contributed by atoms with Gasteiger partial charge in [-0.05, 0) is 82.6 Å². The molecule has 0 spiro atoms. The van der Waals surface area contributed by atoms with E-state index in [1.807, 2.05) is 13.1 Å². The van der Waals surface area contributed by atoms with Crippen LogP contribution < -0.4 is 42.6 Å². The van der Waals surface area contributed by atoms with Crippen LogP contribution in [0.5, 0.6) is 0 Å². The Morgan fingerprint density at radius 1 is 0.845 bits per heavy atom. The first kappa shape index (κ1) is 46.0. The van der Waals surface area contributed by atoms with E-state index in [9.17, 15) is 32.4 Å². The molecule has 2 saturated heterocycles. The number of aromatic nitrogens is 3. The first-order chi connectivity index (χ1) is 27.8. The van der Waals surface area contributed by atoms with Gasteiger partial charge in [-0.25, -0.2) is 23.8 Å². The number of hydrogen-bond donors (Lipinski definition) is 8. The summed E-state index contributed by atoms with van der Waals surface area (Å²) in [6.45, 7) is 4.93. The number of ether oxygens (including phenoxy) is 2. The molecule has 20 nitrogen and oxygen atoms in total. The Hall–Kier alpha value is -4.70. The van der Waals surface area contributed by atoms with Gasteiger partial charge in [-0.3, -0.25) is 29.3 Å². The lowest BCUT2D eigenvalue weighted by molar-refractivity contribution is -0.141. The van der Waals surface area contributed by atoms with Crippen molar-refractivity contribution in [2.24, 2.45) is 5.14 Å². The van der Waals surface area contributed by atoms with Crippen molar-refractivity contribution in [3.05, 3.63) is 41.7 Å². The fourth-order valence-corrected chi connectivity index (χ4v) is 7.12. The van der Waals surface area contributed by atoms with Crippen molar-refractivity contribution in [1.29, 1.82) is 0 Å². The van der Waals surface area contributed by atoms with E-state index in [1.165, 1.54) is 24.3 Å². The fraction of sp³-hybridized carbons (Fsp3) is 0.649.